The second-order valence-electron chi connectivity index (χ2n) is 5.60. The highest BCUT2D eigenvalue weighted by atomic mass is 32.1. The fourth-order valence-electron chi connectivity index (χ4n) is 2.92. The first-order valence-corrected chi connectivity index (χ1v) is 8.21. The highest BCUT2D eigenvalue weighted by Gasteiger charge is 2.16. The van der Waals surface area contributed by atoms with Gasteiger partial charge in [-0.3, -0.25) is 0 Å². The van der Waals surface area contributed by atoms with Crippen molar-refractivity contribution in [3.63, 3.8) is 0 Å². The van der Waals surface area contributed by atoms with E-state index < -0.39 is 0 Å². The molecule has 0 saturated heterocycles. The van der Waals surface area contributed by atoms with E-state index in [-0.39, 0.29) is 6.10 Å². The Kier molecular flexibility index (Phi) is 4.08. The first kappa shape index (κ1) is 13.7. The SMILES string of the molecule is CN1CCCc2cc(C(O)CCc3ccsc3)ccc21. The maximum Gasteiger partial charge on any atom is 0.0793 e. The Labute approximate surface area is 124 Å². The molecule has 1 aromatic heterocycles. The molecule has 3 heteroatoms. The van der Waals surface area contributed by atoms with E-state index >= 15 is 0 Å². The Hall–Kier alpha value is -1.32. The zero-order valence-electron chi connectivity index (χ0n) is 11.9. The summed E-state index contributed by atoms with van der Waals surface area (Å²) in [6.07, 6.45) is 3.72. The van der Waals surface area contributed by atoms with Crippen molar-refractivity contribution in [2.24, 2.45) is 0 Å². The highest BCUT2D eigenvalue weighted by molar-refractivity contribution is 7.07. The number of hydrogen-bond acceptors (Lipinski definition) is 3. The van der Waals surface area contributed by atoms with Crippen LogP contribution in [0, 0.1) is 0 Å². The van der Waals surface area contributed by atoms with Crippen LogP contribution in [0.3, 0.4) is 0 Å². The van der Waals surface area contributed by atoms with Crippen LogP contribution in [0.1, 0.15) is 35.6 Å². The van der Waals surface area contributed by atoms with Gasteiger partial charge in [0.15, 0.2) is 0 Å². The minimum absolute atomic E-state index is 0.354. The molecular weight excluding hydrogens is 266 g/mol. The van der Waals surface area contributed by atoms with Crippen molar-refractivity contribution in [1.29, 1.82) is 0 Å². The number of hydrogen-bond donors (Lipinski definition) is 1. The number of nitrogens with zero attached hydrogens (tertiary/aromatic N) is 1. The van der Waals surface area contributed by atoms with Crippen molar-refractivity contribution in [1.82, 2.24) is 0 Å². The molecule has 106 valence electrons. The summed E-state index contributed by atoms with van der Waals surface area (Å²) in [5.74, 6) is 0. The molecular formula is C17H21NOS. The van der Waals surface area contributed by atoms with E-state index in [0.29, 0.717) is 0 Å². The smallest absolute Gasteiger partial charge is 0.0793 e. The molecule has 3 rings (SSSR count). The number of aryl methyl sites for hydroxylation is 2. The summed E-state index contributed by atoms with van der Waals surface area (Å²) in [7, 11) is 2.14. The summed E-state index contributed by atoms with van der Waals surface area (Å²) in [5, 5.41) is 14.6. The van der Waals surface area contributed by atoms with E-state index in [4.69, 9.17) is 0 Å². The van der Waals surface area contributed by atoms with Gasteiger partial charge in [-0.25, -0.2) is 0 Å². The Morgan fingerprint density at radius 1 is 1.35 bits per heavy atom. The van der Waals surface area contributed by atoms with Crippen molar-refractivity contribution >= 4 is 17.0 Å². The molecule has 0 bridgehead atoms. The molecule has 1 aromatic carbocycles. The average molecular weight is 287 g/mol. The van der Waals surface area contributed by atoms with Gasteiger partial charge in [0.25, 0.3) is 0 Å². The normalized spacial score (nSPS) is 16.0. The maximum absolute atomic E-state index is 10.4. The number of aliphatic hydroxyl groups is 1. The number of benzene rings is 1. The van der Waals surface area contributed by atoms with Gasteiger partial charge >= 0.3 is 0 Å². The second-order valence-corrected chi connectivity index (χ2v) is 6.38. The predicted molar refractivity (Wildman–Crippen MR) is 85.6 cm³/mol. The van der Waals surface area contributed by atoms with Crippen LogP contribution in [-0.4, -0.2) is 18.7 Å². The third-order valence-corrected chi connectivity index (χ3v) is 4.86. The molecule has 2 heterocycles. The van der Waals surface area contributed by atoms with Crippen LogP contribution < -0.4 is 4.90 Å². The molecule has 0 aliphatic carbocycles. The van der Waals surface area contributed by atoms with Crippen LogP contribution in [0.25, 0.3) is 0 Å². The lowest BCUT2D eigenvalue weighted by Crippen LogP contribution is -2.24. The summed E-state index contributed by atoms with van der Waals surface area (Å²) in [4.78, 5) is 2.31. The quantitative estimate of drug-likeness (QED) is 0.924. The molecule has 20 heavy (non-hydrogen) atoms. The van der Waals surface area contributed by atoms with Gasteiger partial charge in [-0.1, -0.05) is 12.1 Å². The second kappa shape index (κ2) is 5.98. The molecule has 0 saturated carbocycles. The molecule has 0 radical (unpaired) electrons. The number of aliphatic hydroxyl groups excluding tert-OH is 1. The highest BCUT2D eigenvalue weighted by Crippen LogP contribution is 2.30. The van der Waals surface area contributed by atoms with Crippen molar-refractivity contribution < 1.29 is 5.11 Å². The van der Waals surface area contributed by atoms with Gasteiger partial charge in [-0.15, -0.1) is 0 Å². The van der Waals surface area contributed by atoms with Gasteiger partial charge in [0.1, 0.15) is 0 Å². The fraction of sp³-hybridized carbons (Fsp3) is 0.412. The molecule has 2 nitrogen and oxygen atoms in total. The number of rotatable bonds is 4. The summed E-state index contributed by atoms with van der Waals surface area (Å²) >= 11 is 1.72. The van der Waals surface area contributed by atoms with E-state index in [1.54, 1.807) is 11.3 Å². The third kappa shape index (κ3) is 2.89. The predicted octanol–water partition coefficient (Wildman–Crippen LogP) is 3.80. The summed E-state index contributed by atoms with van der Waals surface area (Å²) in [6.45, 7) is 1.13. The lowest BCUT2D eigenvalue weighted by Gasteiger charge is -2.28. The van der Waals surface area contributed by atoms with Crippen LogP contribution in [0.2, 0.25) is 0 Å². The summed E-state index contributed by atoms with van der Waals surface area (Å²) < 4.78 is 0. The van der Waals surface area contributed by atoms with E-state index in [1.165, 1.54) is 23.2 Å². The molecule has 1 atom stereocenters. The summed E-state index contributed by atoms with van der Waals surface area (Å²) in [6, 6.07) is 8.58. The average Bonchev–Trinajstić information content (AvgIpc) is 2.98. The molecule has 1 N–H and O–H groups in total. The Morgan fingerprint density at radius 3 is 3.05 bits per heavy atom. The van der Waals surface area contributed by atoms with Gasteiger partial charge in [0.05, 0.1) is 6.10 Å². The van der Waals surface area contributed by atoms with E-state index in [1.807, 2.05) is 0 Å². The van der Waals surface area contributed by atoms with E-state index in [2.05, 4.69) is 47.0 Å². The Balaban J connectivity index is 1.70. The minimum atomic E-state index is -0.354. The first-order valence-electron chi connectivity index (χ1n) is 7.27. The molecule has 1 unspecified atom stereocenters. The fourth-order valence-corrected chi connectivity index (χ4v) is 3.62. The van der Waals surface area contributed by atoms with Crippen molar-refractivity contribution in [3.8, 4) is 0 Å². The van der Waals surface area contributed by atoms with Crippen molar-refractivity contribution in [3.05, 3.63) is 51.7 Å². The zero-order chi connectivity index (χ0) is 13.9. The summed E-state index contributed by atoms with van der Waals surface area (Å²) in [5.41, 5.74) is 5.09. The standard InChI is InChI=1S/C17H21NOS/c1-18-9-2-3-14-11-15(5-6-16(14)18)17(19)7-4-13-8-10-20-12-13/h5-6,8,10-12,17,19H,2-4,7,9H2,1H3. The monoisotopic (exact) mass is 287 g/mol. The molecule has 0 fully saturated rings. The third-order valence-electron chi connectivity index (χ3n) is 4.13. The lowest BCUT2D eigenvalue weighted by atomic mass is 9.95. The topological polar surface area (TPSA) is 23.5 Å². The van der Waals surface area contributed by atoms with Crippen LogP contribution in [-0.2, 0) is 12.8 Å². The van der Waals surface area contributed by atoms with Crippen LogP contribution in [0.4, 0.5) is 5.69 Å². The largest absolute Gasteiger partial charge is 0.388 e. The van der Waals surface area contributed by atoms with E-state index in [9.17, 15) is 5.11 Å². The molecule has 0 spiro atoms. The first-order chi connectivity index (χ1) is 9.74. The number of thiophene rings is 1. The number of fused-ring (bicyclic) bond motifs is 1. The minimum Gasteiger partial charge on any atom is -0.388 e. The van der Waals surface area contributed by atoms with Gasteiger partial charge in [-0.05, 0) is 65.3 Å². The van der Waals surface area contributed by atoms with Gasteiger partial charge in [0.2, 0.25) is 0 Å². The lowest BCUT2D eigenvalue weighted by molar-refractivity contribution is 0.168. The zero-order valence-corrected chi connectivity index (χ0v) is 12.7. The van der Waals surface area contributed by atoms with Gasteiger partial charge in [0, 0.05) is 19.3 Å². The molecule has 2 aromatic rings. The maximum atomic E-state index is 10.4. The van der Waals surface area contributed by atoms with Crippen molar-refractivity contribution in [2.45, 2.75) is 31.8 Å². The molecule has 1 aliphatic heterocycles. The van der Waals surface area contributed by atoms with E-state index in [0.717, 1.165) is 31.4 Å². The Bertz CT molecular complexity index is 564. The van der Waals surface area contributed by atoms with Crippen molar-refractivity contribution in [2.75, 3.05) is 18.5 Å². The van der Waals surface area contributed by atoms with Gasteiger partial charge < -0.3 is 10.0 Å². The Morgan fingerprint density at radius 2 is 2.25 bits per heavy atom. The number of anilines is 1. The van der Waals surface area contributed by atoms with Crippen LogP contribution in [0.15, 0.2) is 35.0 Å². The molecule has 1 aliphatic rings. The van der Waals surface area contributed by atoms with Crippen LogP contribution in [0.5, 0.6) is 0 Å². The molecule has 0 amide bonds. The van der Waals surface area contributed by atoms with Crippen LogP contribution >= 0.6 is 11.3 Å². The van der Waals surface area contributed by atoms with Gasteiger partial charge in [-0.2, -0.15) is 11.3 Å².